The predicted octanol–water partition coefficient (Wildman–Crippen LogP) is 0.449. The standard InChI is InChI=1S/C10H15NO3/c1-5-3-2-4-6-7(5)8(9(11)12)10(13)14-6/h5-8H,2-4H2,1H3,(H2,11,12). The quantitative estimate of drug-likeness (QED) is 0.490. The van der Waals surface area contributed by atoms with Crippen molar-refractivity contribution in [2.45, 2.75) is 32.3 Å². The average molecular weight is 197 g/mol. The number of rotatable bonds is 1. The molecular weight excluding hydrogens is 182 g/mol. The van der Waals surface area contributed by atoms with Gasteiger partial charge in [0.2, 0.25) is 5.91 Å². The SMILES string of the molecule is CC1CCCC2OC(=O)C(C(N)=O)C12. The Morgan fingerprint density at radius 1 is 1.50 bits per heavy atom. The Balaban J connectivity index is 2.24. The molecule has 1 saturated carbocycles. The zero-order valence-corrected chi connectivity index (χ0v) is 8.23. The van der Waals surface area contributed by atoms with Crippen LogP contribution in [-0.2, 0) is 14.3 Å². The second kappa shape index (κ2) is 3.26. The summed E-state index contributed by atoms with van der Waals surface area (Å²) in [5, 5.41) is 0. The van der Waals surface area contributed by atoms with Crippen LogP contribution in [0.3, 0.4) is 0 Å². The summed E-state index contributed by atoms with van der Waals surface area (Å²) in [5.74, 6) is -1.26. The minimum atomic E-state index is -0.699. The summed E-state index contributed by atoms with van der Waals surface area (Å²) in [4.78, 5) is 22.5. The Bertz CT molecular complexity index is 277. The van der Waals surface area contributed by atoms with Crippen LogP contribution in [0.2, 0.25) is 0 Å². The summed E-state index contributed by atoms with van der Waals surface area (Å²) in [6.07, 6.45) is 2.94. The first kappa shape index (κ1) is 9.49. The second-order valence-corrected chi connectivity index (χ2v) is 4.34. The fourth-order valence-corrected chi connectivity index (χ4v) is 2.76. The van der Waals surface area contributed by atoms with Crippen molar-refractivity contribution >= 4 is 11.9 Å². The number of fused-ring (bicyclic) bond motifs is 1. The van der Waals surface area contributed by atoms with Crippen LogP contribution >= 0.6 is 0 Å². The van der Waals surface area contributed by atoms with E-state index in [4.69, 9.17) is 10.5 Å². The molecule has 4 nitrogen and oxygen atoms in total. The van der Waals surface area contributed by atoms with Crippen LogP contribution in [0.25, 0.3) is 0 Å². The maximum atomic E-state index is 11.4. The van der Waals surface area contributed by atoms with Crippen LogP contribution in [0.5, 0.6) is 0 Å². The van der Waals surface area contributed by atoms with E-state index >= 15 is 0 Å². The molecule has 0 aromatic carbocycles. The molecule has 2 fully saturated rings. The Kier molecular flexibility index (Phi) is 2.21. The highest BCUT2D eigenvalue weighted by Gasteiger charge is 2.51. The van der Waals surface area contributed by atoms with Crippen molar-refractivity contribution < 1.29 is 14.3 Å². The van der Waals surface area contributed by atoms with E-state index in [-0.39, 0.29) is 12.0 Å². The number of ether oxygens (including phenoxy) is 1. The van der Waals surface area contributed by atoms with Gasteiger partial charge in [0.15, 0.2) is 0 Å². The van der Waals surface area contributed by atoms with Gasteiger partial charge in [0.1, 0.15) is 12.0 Å². The van der Waals surface area contributed by atoms with E-state index in [2.05, 4.69) is 6.92 Å². The zero-order chi connectivity index (χ0) is 10.3. The minimum absolute atomic E-state index is 0.0220. The Morgan fingerprint density at radius 2 is 2.21 bits per heavy atom. The molecule has 2 N–H and O–H groups in total. The van der Waals surface area contributed by atoms with Crippen molar-refractivity contribution in [2.75, 3.05) is 0 Å². The third-order valence-electron chi connectivity index (χ3n) is 3.45. The molecule has 0 aromatic heterocycles. The number of esters is 1. The molecule has 1 heterocycles. The largest absolute Gasteiger partial charge is 0.461 e. The molecule has 4 atom stereocenters. The second-order valence-electron chi connectivity index (χ2n) is 4.34. The van der Waals surface area contributed by atoms with Gasteiger partial charge in [-0.2, -0.15) is 0 Å². The molecular formula is C10H15NO3. The molecule has 1 aliphatic carbocycles. The molecule has 1 aliphatic heterocycles. The van der Waals surface area contributed by atoms with E-state index in [1.165, 1.54) is 0 Å². The first-order chi connectivity index (χ1) is 6.61. The third-order valence-corrected chi connectivity index (χ3v) is 3.45. The third kappa shape index (κ3) is 1.29. The van der Waals surface area contributed by atoms with Crippen LogP contribution in [-0.4, -0.2) is 18.0 Å². The summed E-state index contributed by atoms with van der Waals surface area (Å²) in [5.41, 5.74) is 5.22. The fourth-order valence-electron chi connectivity index (χ4n) is 2.76. The summed E-state index contributed by atoms with van der Waals surface area (Å²) >= 11 is 0. The monoisotopic (exact) mass is 197 g/mol. The topological polar surface area (TPSA) is 69.4 Å². The van der Waals surface area contributed by atoms with Gasteiger partial charge in [-0.1, -0.05) is 13.3 Å². The first-order valence-electron chi connectivity index (χ1n) is 5.11. The predicted molar refractivity (Wildman–Crippen MR) is 49.1 cm³/mol. The highest BCUT2D eigenvalue weighted by molar-refractivity contribution is 5.98. The van der Waals surface area contributed by atoms with Crippen molar-refractivity contribution in [3.05, 3.63) is 0 Å². The number of nitrogens with two attached hydrogens (primary N) is 1. The normalized spacial score (nSPS) is 41.6. The molecule has 4 heteroatoms. The Morgan fingerprint density at radius 3 is 2.86 bits per heavy atom. The van der Waals surface area contributed by atoms with Crippen LogP contribution in [0.1, 0.15) is 26.2 Å². The highest BCUT2D eigenvalue weighted by atomic mass is 16.6. The molecule has 0 radical (unpaired) electrons. The first-order valence-corrected chi connectivity index (χ1v) is 5.11. The maximum Gasteiger partial charge on any atom is 0.319 e. The number of hydrogen-bond donors (Lipinski definition) is 1. The molecule has 1 saturated heterocycles. The van der Waals surface area contributed by atoms with Crippen molar-refractivity contribution in [2.24, 2.45) is 23.5 Å². The van der Waals surface area contributed by atoms with E-state index in [9.17, 15) is 9.59 Å². The Hall–Kier alpha value is -1.06. The van der Waals surface area contributed by atoms with E-state index in [1.807, 2.05) is 0 Å². The van der Waals surface area contributed by atoms with Crippen LogP contribution < -0.4 is 5.73 Å². The van der Waals surface area contributed by atoms with Crippen molar-refractivity contribution in [1.29, 1.82) is 0 Å². The number of amides is 1. The van der Waals surface area contributed by atoms with Gasteiger partial charge in [-0.05, 0) is 18.8 Å². The van der Waals surface area contributed by atoms with E-state index < -0.39 is 17.8 Å². The molecule has 2 aliphatic rings. The molecule has 2 rings (SSSR count). The van der Waals surface area contributed by atoms with Crippen LogP contribution in [0.4, 0.5) is 0 Å². The van der Waals surface area contributed by atoms with Gasteiger partial charge in [-0.25, -0.2) is 0 Å². The molecule has 14 heavy (non-hydrogen) atoms. The van der Waals surface area contributed by atoms with Gasteiger partial charge >= 0.3 is 5.97 Å². The minimum Gasteiger partial charge on any atom is -0.461 e. The molecule has 0 bridgehead atoms. The van der Waals surface area contributed by atoms with Gasteiger partial charge in [0, 0.05) is 5.92 Å². The molecule has 0 spiro atoms. The lowest BCUT2D eigenvalue weighted by Gasteiger charge is -2.30. The molecule has 0 aromatic rings. The summed E-state index contributed by atoms with van der Waals surface area (Å²) in [6.45, 7) is 2.06. The summed E-state index contributed by atoms with van der Waals surface area (Å²) in [6, 6.07) is 0. The fraction of sp³-hybridized carbons (Fsp3) is 0.800. The number of carbonyl (C=O) groups excluding carboxylic acids is 2. The van der Waals surface area contributed by atoms with E-state index in [0.717, 1.165) is 19.3 Å². The smallest absolute Gasteiger partial charge is 0.319 e. The van der Waals surface area contributed by atoms with Gasteiger partial charge in [-0.3, -0.25) is 9.59 Å². The highest BCUT2D eigenvalue weighted by Crippen LogP contribution is 2.42. The summed E-state index contributed by atoms with van der Waals surface area (Å²) in [7, 11) is 0. The average Bonchev–Trinajstić information content (AvgIpc) is 2.42. The van der Waals surface area contributed by atoms with E-state index in [1.54, 1.807) is 0 Å². The maximum absolute atomic E-state index is 11.4. The van der Waals surface area contributed by atoms with Gasteiger partial charge in [-0.15, -0.1) is 0 Å². The molecule has 78 valence electrons. The number of hydrogen-bond acceptors (Lipinski definition) is 3. The molecule has 4 unspecified atom stereocenters. The van der Waals surface area contributed by atoms with Crippen molar-refractivity contribution in [3.8, 4) is 0 Å². The lowest BCUT2D eigenvalue weighted by atomic mass is 9.73. The lowest BCUT2D eigenvalue weighted by molar-refractivity contribution is -0.146. The van der Waals surface area contributed by atoms with Gasteiger partial charge < -0.3 is 10.5 Å². The molecule has 1 amide bonds. The van der Waals surface area contributed by atoms with Crippen LogP contribution in [0, 0.1) is 17.8 Å². The lowest BCUT2D eigenvalue weighted by Crippen LogP contribution is -2.38. The van der Waals surface area contributed by atoms with Crippen molar-refractivity contribution in [3.63, 3.8) is 0 Å². The van der Waals surface area contributed by atoms with Gasteiger partial charge in [0.25, 0.3) is 0 Å². The Labute approximate surface area is 82.8 Å². The number of carbonyl (C=O) groups is 2. The van der Waals surface area contributed by atoms with E-state index in [0.29, 0.717) is 5.92 Å². The van der Waals surface area contributed by atoms with Crippen molar-refractivity contribution in [1.82, 2.24) is 0 Å². The zero-order valence-electron chi connectivity index (χ0n) is 8.23. The summed E-state index contributed by atoms with van der Waals surface area (Å²) < 4.78 is 5.17. The number of primary amides is 1. The van der Waals surface area contributed by atoms with Gasteiger partial charge in [0.05, 0.1) is 0 Å². The van der Waals surface area contributed by atoms with Crippen LogP contribution in [0.15, 0.2) is 0 Å².